The van der Waals surface area contributed by atoms with Crippen molar-refractivity contribution in [3.8, 4) is 0 Å². The molecule has 0 aliphatic heterocycles. The minimum atomic E-state index is 0.452. The van der Waals surface area contributed by atoms with Crippen LogP contribution in [0.15, 0.2) is 16.5 Å². The minimum absolute atomic E-state index is 0.452. The molecule has 0 saturated carbocycles. The third-order valence-corrected chi connectivity index (χ3v) is 3.12. The molecule has 1 rings (SSSR count). The second kappa shape index (κ2) is 6.94. The first kappa shape index (κ1) is 13.6. The summed E-state index contributed by atoms with van der Waals surface area (Å²) in [6.45, 7) is 7.19. The molecule has 3 nitrogen and oxygen atoms in total. The zero-order valence-electron chi connectivity index (χ0n) is 10.3. The molecule has 1 heterocycles. The van der Waals surface area contributed by atoms with Crippen molar-refractivity contribution in [2.75, 3.05) is 20.1 Å². The monoisotopic (exact) mass is 244 g/mol. The summed E-state index contributed by atoms with van der Waals surface area (Å²) in [4.78, 5) is 2.35. The Labute approximate surface area is 103 Å². The summed E-state index contributed by atoms with van der Waals surface area (Å²) in [6.07, 6.45) is 1.18. The number of rotatable bonds is 7. The number of hydrogen-bond acceptors (Lipinski definition) is 3. The molecule has 0 amide bonds. The van der Waals surface area contributed by atoms with E-state index >= 15 is 0 Å². The molecule has 1 N–H and O–H groups in total. The molecule has 4 heteroatoms. The zero-order chi connectivity index (χ0) is 12.0. The number of hydrogen-bond donors (Lipinski definition) is 1. The van der Waals surface area contributed by atoms with E-state index in [9.17, 15) is 0 Å². The molecule has 0 spiro atoms. The minimum Gasteiger partial charge on any atom is -0.448 e. The Morgan fingerprint density at radius 3 is 2.81 bits per heavy atom. The number of nitrogens with zero attached hydrogens (tertiary/aromatic N) is 1. The van der Waals surface area contributed by atoms with Gasteiger partial charge in [-0.15, -0.1) is 0 Å². The van der Waals surface area contributed by atoms with Gasteiger partial charge in [-0.2, -0.15) is 0 Å². The summed E-state index contributed by atoms with van der Waals surface area (Å²) in [7, 11) is 2.15. The molecule has 0 fully saturated rings. The van der Waals surface area contributed by atoms with Crippen molar-refractivity contribution in [3.05, 3.63) is 23.1 Å². The van der Waals surface area contributed by atoms with E-state index in [2.05, 4.69) is 31.1 Å². The van der Waals surface area contributed by atoms with Gasteiger partial charge in [-0.3, -0.25) is 0 Å². The molecule has 0 aromatic carbocycles. The van der Waals surface area contributed by atoms with E-state index in [1.807, 2.05) is 6.07 Å². The van der Waals surface area contributed by atoms with Crippen molar-refractivity contribution in [3.63, 3.8) is 0 Å². The number of furan rings is 1. The van der Waals surface area contributed by atoms with E-state index < -0.39 is 0 Å². The lowest BCUT2D eigenvalue weighted by Gasteiger charge is -2.23. The third-order valence-electron chi connectivity index (χ3n) is 2.91. The highest BCUT2D eigenvalue weighted by Crippen LogP contribution is 2.12. The first-order valence-corrected chi connectivity index (χ1v) is 6.16. The normalized spacial score (nSPS) is 13.3. The standard InChI is InChI=1S/C12H21ClN2O/c1-4-10(2)15(3)8-7-14-9-11-5-6-12(13)16-11/h5-6,10,14H,4,7-9H2,1-3H3. The summed E-state index contributed by atoms with van der Waals surface area (Å²) in [5.41, 5.74) is 0. The van der Waals surface area contributed by atoms with Crippen LogP contribution in [0.3, 0.4) is 0 Å². The molecule has 1 aromatic heterocycles. The Morgan fingerprint density at radius 2 is 2.25 bits per heavy atom. The van der Waals surface area contributed by atoms with Gasteiger partial charge in [-0.05, 0) is 44.1 Å². The van der Waals surface area contributed by atoms with Crippen LogP contribution in [0.5, 0.6) is 0 Å². The quantitative estimate of drug-likeness (QED) is 0.748. The lowest BCUT2D eigenvalue weighted by Crippen LogP contribution is -2.34. The average molecular weight is 245 g/mol. The Bertz CT molecular complexity index is 301. The second-order valence-corrected chi connectivity index (χ2v) is 4.49. The summed E-state index contributed by atoms with van der Waals surface area (Å²) < 4.78 is 5.25. The van der Waals surface area contributed by atoms with Crippen molar-refractivity contribution >= 4 is 11.6 Å². The number of likely N-dealkylation sites (N-methyl/N-ethyl adjacent to an activating group) is 1. The molecular formula is C12H21ClN2O. The molecule has 16 heavy (non-hydrogen) atoms. The Morgan fingerprint density at radius 1 is 1.50 bits per heavy atom. The summed E-state index contributed by atoms with van der Waals surface area (Å²) in [6, 6.07) is 4.30. The zero-order valence-corrected chi connectivity index (χ0v) is 11.0. The maximum absolute atomic E-state index is 5.68. The molecule has 1 atom stereocenters. The van der Waals surface area contributed by atoms with E-state index in [4.69, 9.17) is 16.0 Å². The smallest absolute Gasteiger partial charge is 0.193 e. The van der Waals surface area contributed by atoms with E-state index in [0.29, 0.717) is 11.3 Å². The fourth-order valence-corrected chi connectivity index (χ4v) is 1.61. The van der Waals surface area contributed by atoms with Gasteiger partial charge in [0.1, 0.15) is 5.76 Å². The van der Waals surface area contributed by atoms with Crippen LogP contribution in [0, 0.1) is 0 Å². The fraction of sp³-hybridized carbons (Fsp3) is 0.667. The second-order valence-electron chi connectivity index (χ2n) is 4.12. The molecule has 1 unspecified atom stereocenters. The van der Waals surface area contributed by atoms with Gasteiger partial charge in [0.25, 0.3) is 0 Å². The van der Waals surface area contributed by atoms with Crippen LogP contribution in [0.25, 0.3) is 0 Å². The Hall–Kier alpha value is -0.510. The van der Waals surface area contributed by atoms with E-state index in [-0.39, 0.29) is 0 Å². The van der Waals surface area contributed by atoms with Crippen LogP contribution >= 0.6 is 11.6 Å². The lowest BCUT2D eigenvalue weighted by molar-refractivity contribution is 0.251. The molecule has 0 aliphatic rings. The van der Waals surface area contributed by atoms with Gasteiger partial charge in [0.05, 0.1) is 6.54 Å². The van der Waals surface area contributed by atoms with E-state index in [0.717, 1.165) is 25.4 Å². The van der Waals surface area contributed by atoms with Crippen LogP contribution in [0.2, 0.25) is 5.22 Å². The van der Waals surface area contributed by atoms with Gasteiger partial charge < -0.3 is 14.6 Å². The van der Waals surface area contributed by atoms with Gasteiger partial charge >= 0.3 is 0 Å². The molecule has 0 bridgehead atoms. The maximum Gasteiger partial charge on any atom is 0.193 e. The van der Waals surface area contributed by atoms with Crippen molar-refractivity contribution in [1.82, 2.24) is 10.2 Å². The Balaban J connectivity index is 2.12. The van der Waals surface area contributed by atoms with Gasteiger partial charge in [0.15, 0.2) is 5.22 Å². The first-order chi connectivity index (χ1) is 7.63. The molecular weight excluding hydrogens is 224 g/mol. The largest absolute Gasteiger partial charge is 0.448 e. The molecule has 0 radical (unpaired) electrons. The number of halogens is 1. The summed E-state index contributed by atoms with van der Waals surface area (Å²) >= 11 is 5.68. The number of nitrogens with one attached hydrogen (secondary N) is 1. The predicted molar refractivity (Wildman–Crippen MR) is 67.8 cm³/mol. The van der Waals surface area contributed by atoms with Crippen LogP contribution in [-0.2, 0) is 6.54 Å². The topological polar surface area (TPSA) is 28.4 Å². The van der Waals surface area contributed by atoms with Crippen LogP contribution in [0.4, 0.5) is 0 Å². The lowest BCUT2D eigenvalue weighted by atomic mass is 10.2. The third kappa shape index (κ3) is 4.56. The van der Waals surface area contributed by atoms with Crippen molar-refractivity contribution in [2.24, 2.45) is 0 Å². The SMILES string of the molecule is CCC(C)N(C)CCNCc1ccc(Cl)o1. The summed E-state index contributed by atoms with van der Waals surface area (Å²) in [5, 5.41) is 3.78. The highest BCUT2D eigenvalue weighted by molar-refractivity contribution is 6.28. The van der Waals surface area contributed by atoms with E-state index in [1.165, 1.54) is 6.42 Å². The molecule has 0 aliphatic carbocycles. The first-order valence-electron chi connectivity index (χ1n) is 5.78. The van der Waals surface area contributed by atoms with Crippen LogP contribution in [-0.4, -0.2) is 31.1 Å². The van der Waals surface area contributed by atoms with Gasteiger partial charge in [0, 0.05) is 19.1 Å². The van der Waals surface area contributed by atoms with E-state index in [1.54, 1.807) is 6.07 Å². The molecule has 0 saturated heterocycles. The predicted octanol–water partition coefficient (Wildman–Crippen LogP) is 2.75. The molecule has 92 valence electrons. The Kier molecular flexibility index (Phi) is 5.88. The van der Waals surface area contributed by atoms with Crippen molar-refractivity contribution < 1.29 is 4.42 Å². The highest BCUT2D eigenvalue weighted by atomic mass is 35.5. The maximum atomic E-state index is 5.68. The van der Waals surface area contributed by atoms with Gasteiger partial charge in [-0.25, -0.2) is 0 Å². The van der Waals surface area contributed by atoms with Gasteiger partial charge in [0.2, 0.25) is 0 Å². The van der Waals surface area contributed by atoms with Crippen molar-refractivity contribution in [2.45, 2.75) is 32.9 Å². The van der Waals surface area contributed by atoms with Crippen LogP contribution in [0.1, 0.15) is 26.0 Å². The summed E-state index contributed by atoms with van der Waals surface area (Å²) in [5.74, 6) is 0.885. The fourth-order valence-electron chi connectivity index (χ4n) is 1.45. The average Bonchev–Trinajstić information content (AvgIpc) is 2.69. The highest BCUT2D eigenvalue weighted by Gasteiger charge is 2.05. The van der Waals surface area contributed by atoms with Crippen LogP contribution < -0.4 is 5.32 Å². The van der Waals surface area contributed by atoms with Gasteiger partial charge in [-0.1, -0.05) is 6.92 Å². The van der Waals surface area contributed by atoms with Crippen molar-refractivity contribution in [1.29, 1.82) is 0 Å². The molecule has 1 aromatic rings.